The van der Waals surface area contributed by atoms with Crippen molar-refractivity contribution in [2.45, 2.75) is 46.2 Å². The van der Waals surface area contributed by atoms with Gasteiger partial charge in [0.1, 0.15) is 12.6 Å². The molecule has 0 bridgehead atoms. The van der Waals surface area contributed by atoms with Crippen molar-refractivity contribution in [3.63, 3.8) is 0 Å². The number of nitrogens with one attached hydrogen (secondary N) is 1. The summed E-state index contributed by atoms with van der Waals surface area (Å²) in [6, 6.07) is 7.66. The second-order valence-electron chi connectivity index (χ2n) is 8.48. The number of sulfonamides is 1. The monoisotopic (exact) mass is 572 g/mol. The van der Waals surface area contributed by atoms with Crippen LogP contribution < -0.4 is 9.62 Å². The first-order chi connectivity index (χ1) is 17.3. The molecule has 0 spiro atoms. The molecule has 0 heterocycles. The average Bonchev–Trinajstić information content (AvgIpc) is 2.82. The molecule has 10 nitrogen and oxygen atoms in total. The van der Waals surface area contributed by atoms with Crippen molar-refractivity contribution in [3.8, 4) is 0 Å². The van der Waals surface area contributed by atoms with Gasteiger partial charge in [0.2, 0.25) is 21.8 Å². The number of benzene rings is 2. The fourth-order valence-corrected chi connectivity index (χ4v) is 4.91. The lowest BCUT2D eigenvalue weighted by molar-refractivity contribution is -0.384. The van der Waals surface area contributed by atoms with E-state index >= 15 is 0 Å². The Kier molecular flexibility index (Phi) is 10.7. The highest BCUT2D eigenvalue weighted by molar-refractivity contribution is 7.92. The van der Waals surface area contributed by atoms with E-state index in [1.165, 1.54) is 17.0 Å². The Balaban J connectivity index is 2.53. The number of aryl methyl sites for hydroxylation is 1. The number of amides is 2. The van der Waals surface area contributed by atoms with E-state index in [1.54, 1.807) is 32.0 Å². The predicted molar refractivity (Wildman–Crippen MR) is 144 cm³/mol. The Bertz CT molecular complexity index is 1270. The van der Waals surface area contributed by atoms with E-state index in [0.717, 1.165) is 16.6 Å². The van der Waals surface area contributed by atoms with Crippen LogP contribution in [0.4, 0.5) is 11.4 Å². The van der Waals surface area contributed by atoms with Gasteiger partial charge < -0.3 is 10.2 Å². The van der Waals surface area contributed by atoms with Crippen molar-refractivity contribution in [1.82, 2.24) is 10.2 Å². The van der Waals surface area contributed by atoms with E-state index in [1.807, 2.05) is 6.92 Å². The smallest absolute Gasteiger partial charge is 0.271 e. The molecular formula is C24H30Cl2N4O6S. The van der Waals surface area contributed by atoms with Crippen molar-refractivity contribution >= 4 is 56.4 Å². The van der Waals surface area contributed by atoms with Crippen molar-refractivity contribution in [1.29, 1.82) is 0 Å². The number of anilines is 1. The molecular weight excluding hydrogens is 543 g/mol. The quantitative estimate of drug-likeness (QED) is 0.298. The Labute approximate surface area is 226 Å². The lowest BCUT2D eigenvalue weighted by Gasteiger charge is -2.33. The predicted octanol–water partition coefficient (Wildman–Crippen LogP) is 4.31. The van der Waals surface area contributed by atoms with Gasteiger partial charge in [-0.1, -0.05) is 49.2 Å². The average molecular weight is 573 g/mol. The summed E-state index contributed by atoms with van der Waals surface area (Å²) in [5.41, 5.74) is 0.692. The third-order valence-electron chi connectivity index (χ3n) is 5.62. The van der Waals surface area contributed by atoms with Crippen molar-refractivity contribution in [2.75, 3.05) is 23.7 Å². The Morgan fingerprint density at radius 2 is 1.78 bits per heavy atom. The second-order valence-corrected chi connectivity index (χ2v) is 11.2. The SMILES string of the molecule is CCCNC(=O)[C@H](CC)N(Cc1ccc(Cl)c(Cl)c1)C(=O)CN(c1cc([N+](=O)[O-])ccc1C)S(C)(=O)=O. The van der Waals surface area contributed by atoms with Gasteiger partial charge in [0.05, 0.1) is 26.9 Å². The highest BCUT2D eigenvalue weighted by Gasteiger charge is 2.32. The topological polar surface area (TPSA) is 130 Å². The number of nitro groups is 1. The van der Waals surface area contributed by atoms with Crippen LogP contribution in [0.2, 0.25) is 10.0 Å². The molecule has 2 rings (SSSR count). The molecule has 0 radical (unpaired) electrons. The second kappa shape index (κ2) is 13.1. The van der Waals surface area contributed by atoms with Gasteiger partial charge in [-0.15, -0.1) is 0 Å². The zero-order valence-corrected chi connectivity index (χ0v) is 23.4. The van der Waals surface area contributed by atoms with Crippen LogP contribution >= 0.6 is 23.2 Å². The molecule has 13 heteroatoms. The van der Waals surface area contributed by atoms with Crippen LogP contribution in [-0.4, -0.2) is 55.4 Å². The van der Waals surface area contributed by atoms with E-state index in [0.29, 0.717) is 29.1 Å². The summed E-state index contributed by atoms with van der Waals surface area (Å²) in [4.78, 5) is 38.6. The summed E-state index contributed by atoms with van der Waals surface area (Å²) < 4.78 is 26.3. The minimum absolute atomic E-state index is 0.00280. The molecule has 0 aliphatic carbocycles. The van der Waals surface area contributed by atoms with E-state index in [9.17, 15) is 28.1 Å². The first-order valence-corrected chi connectivity index (χ1v) is 14.1. The molecule has 37 heavy (non-hydrogen) atoms. The maximum atomic E-state index is 13.7. The molecule has 202 valence electrons. The fourth-order valence-electron chi connectivity index (χ4n) is 3.69. The van der Waals surface area contributed by atoms with E-state index in [4.69, 9.17) is 23.2 Å². The van der Waals surface area contributed by atoms with Crippen molar-refractivity contribution in [3.05, 3.63) is 67.7 Å². The van der Waals surface area contributed by atoms with Gasteiger partial charge in [0.25, 0.3) is 5.69 Å². The molecule has 2 aromatic carbocycles. The number of rotatable bonds is 12. The Morgan fingerprint density at radius 1 is 1.11 bits per heavy atom. The maximum Gasteiger partial charge on any atom is 0.271 e. The molecule has 0 saturated carbocycles. The zero-order valence-electron chi connectivity index (χ0n) is 21.0. The van der Waals surface area contributed by atoms with Gasteiger partial charge in [0.15, 0.2) is 0 Å². The summed E-state index contributed by atoms with van der Waals surface area (Å²) in [7, 11) is -4.04. The number of hydrogen-bond donors (Lipinski definition) is 1. The van der Waals surface area contributed by atoms with Crippen molar-refractivity contribution in [2.24, 2.45) is 0 Å². The van der Waals surface area contributed by atoms with Gasteiger partial charge in [-0.2, -0.15) is 0 Å². The zero-order chi connectivity index (χ0) is 27.9. The molecule has 2 aromatic rings. The number of non-ortho nitro benzene ring substituents is 1. The van der Waals surface area contributed by atoms with Crippen LogP contribution in [0.25, 0.3) is 0 Å². The first-order valence-electron chi connectivity index (χ1n) is 11.5. The minimum atomic E-state index is -4.04. The van der Waals surface area contributed by atoms with Gasteiger partial charge in [-0.25, -0.2) is 8.42 Å². The number of halogens is 2. The summed E-state index contributed by atoms with van der Waals surface area (Å²) in [5.74, 6) is -1.05. The lowest BCUT2D eigenvalue weighted by atomic mass is 10.1. The lowest BCUT2D eigenvalue weighted by Crippen LogP contribution is -2.52. The summed E-state index contributed by atoms with van der Waals surface area (Å²) in [6.07, 6.45) is 1.86. The van der Waals surface area contributed by atoms with E-state index in [2.05, 4.69) is 5.32 Å². The number of carbonyl (C=O) groups excluding carboxylic acids is 2. The summed E-state index contributed by atoms with van der Waals surface area (Å²) >= 11 is 12.2. The molecule has 0 saturated heterocycles. The number of carbonyl (C=O) groups is 2. The molecule has 0 aromatic heterocycles. The third kappa shape index (κ3) is 8.05. The molecule has 0 aliphatic heterocycles. The molecule has 0 unspecified atom stereocenters. The summed E-state index contributed by atoms with van der Waals surface area (Å²) in [5, 5.41) is 14.7. The van der Waals surface area contributed by atoms with Crippen LogP contribution in [0.3, 0.4) is 0 Å². The first kappa shape index (κ1) is 30.3. The van der Waals surface area contributed by atoms with Crippen molar-refractivity contribution < 1.29 is 22.9 Å². The van der Waals surface area contributed by atoms with Gasteiger partial charge >= 0.3 is 0 Å². The van der Waals surface area contributed by atoms with E-state index < -0.39 is 33.4 Å². The summed E-state index contributed by atoms with van der Waals surface area (Å²) in [6.45, 7) is 4.92. The van der Waals surface area contributed by atoms with Crippen LogP contribution in [0.1, 0.15) is 37.8 Å². The Hall–Kier alpha value is -2.89. The number of nitrogens with zero attached hydrogens (tertiary/aromatic N) is 3. The Morgan fingerprint density at radius 3 is 2.32 bits per heavy atom. The molecule has 0 aliphatic rings. The van der Waals surface area contributed by atoms with Gasteiger partial charge in [-0.3, -0.25) is 24.0 Å². The maximum absolute atomic E-state index is 13.7. The number of nitro benzene ring substituents is 1. The van der Waals surface area contributed by atoms with Gasteiger partial charge in [-0.05, 0) is 43.0 Å². The normalized spacial score (nSPS) is 12.1. The molecule has 1 atom stereocenters. The van der Waals surface area contributed by atoms with Crippen LogP contribution in [0, 0.1) is 17.0 Å². The molecule has 0 fully saturated rings. The standard InChI is InChI=1S/C24H30Cl2N4O6S/c1-5-11-27-24(32)21(6-2)28(14-17-8-10-19(25)20(26)12-17)23(31)15-29(37(4,35)36)22-13-18(30(33)34)9-7-16(22)3/h7-10,12-13,21H,5-6,11,14-15H2,1-4H3,(H,27,32)/t21-/m0/s1. The van der Waals surface area contributed by atoms with Crippen LogP contribution in [-0.2, 0) is 26.2 Å². The van der Waals surface area contributed by atoms with E-state index in [-0.39, 0.29) is 35.3 Å². The molecule has 1 N–H and O–H groups in total. The third-order valence-corrected chi connectivity index (χ3v) is 7.49. The van der Waals surface area contributed by atoms with Crippen LogP contribution in [0.15, 0.2) is 36.4 Å². The van der Waals surface area contributed by atoms with Crippen LogP contribution in [0.5, 0.6) is 0 Å². The number of hydrogen-bond acceptors (Lipinski definition) is 6. The highest BCUT2D eigenvalue weighted by Crippen LogP contribution is 2.28. The fraction of sp³-hybridized carbons (Fsp3) is 0.417. The van der Waals surface area contributed by atoms with Gasteiger partial charge in [0, 0.05) is 25.2 Å². The highest BCUT2D eigenvalue weighted by atomic mass is 35.5. The minimum Gasteiger partial charge on any atom is -0.354 e. The molecule has 2 amide bonds. The largest absolute Gasteiger partial charge is 0.354 e.